The van der Waals surface area contributed by atoms with Gasteiger partial charge >= 0.3 is 0 Å². The number of hydrogen-bond donors (Lipinski definition) is 2. The number of nitrogens with zero attached hydrogens (tertiary/aromatic N) is 2. The molecule has 1 heterocycles. The Hall–Kier alpha value is -2.12. The lowest BCUT2D eigenvalue weighted by Crippen LogP contribution is -2.49. The van der Waals surface area contributed by atoms with Gasteiger partial charge < -0.3 is 20.7 Å². The van der Waals surface area contributed by atoms with Crippen LogP contribution >= 0.6 is 0 Å². The van der Waals surface area contributed by atoms with E-state index in [-0.39, 0.29) is 18.9 Å². The molecule has 1 unspecified atom stereocenters. The van der Waals surface area contributed by atoms with Crippen molar-refractivity contribution in [1.29, 1.82) is 0 Å². The number of carbonyl (C=O) groups excluding carboxylic acids is 2. The van der Waals surface area contributed by atoms with Crippen LogP contribution in [0, 0.1) is 0 Å². The number of benzene rings is 1. The summed E-state index contributed by atoms with van der Waals surface area (Å²) < 4.78 is 5.37. The minimum Gasteiger partial charge on any atom is -0.495 e. The molecule has 7 heteroatoms. The predicted octanol–water partition coefficient (Wildman–Crippen LogP) is 0.587. The molecule has 0 radical (unpaired) electrons. The highest BCUT2D eigenvalue weighted by Crippen LogP contribution is 2.28. The Kier molecular flexibility index (Phi) is 7.21. The number of para-hydroxylation sites is 2. The van der Waals surface area contributed by atoms with Crippen LogP contribution in [0.1, 0.15) is 19.3 Å². The highest BCUT2D eigenvalue weighted by molar-refractivity contribution is 5.96. The molecule has 138 valence electrons. The topological polar surface area (TPSA) is 87.9 Å². The Labute approximate surface area is 149 Å². The number of methoxy groups -OCH3 is 1. The number of likely N-dealkylation sites (tertiary alicyclic amines) is 1. The Balaban J connectivity index is 2.13. The van der Waals surface area contributed by atoms with E-state index in [9.17, 15) is 9.59 Å². The van der Waals surface area contributed by atoms with Gasteiger partial charge in [-0.15, -0.1) is 0 Å². The molecule has 7 nitrogen and oxygen atoms in total. The lowest BCUT2D eigenvalue weighted by Gasteiger charge is -2.34. The summed E-state index contributed by atoms with van der Waals surface area (Å²) in [4.78, 5) is 27.9. The number of amides is 2. The Morgan fingerprint density at radius 3 is 2.84 bits per heavy atom. The van der Waals surface area contributed by atoms with Gasteiger partial charge in [-0.2, -0.15) is 0 Å². The van der Waals surface area contributed by atoms with E-state index in [1.807, 2.05) is 25.2 Å². The summed E-state index contributed by atoms with van der Waals surface area (Å²) in [5.41, 5.74) is 5.95. The van der Waals surface area contributed by atoms with E-state index in [1.165, 1.54) is 0 Å². The average Bonchev–Trinajstić information content (AvgIpc) is 2.62. The lowest BCUT2D eigenvalue weighted by atomic mass is 10.1. The third-order valence-corrected chi connectivity index (χ3v) is 4.53. The number of carbonyl (C=O) groups is 2. The molecular weight excluding hydrogens is 320 g/mol. The molecule has 0 aliphatic carbocycles. The molecule has 1 aliphatic rings. The van der Waals surface area contributed by atoms with E-state index in [0.717, 1.165) is 25.9 Å². The third kappa shape index (κ3) is 5.44. The Morgan fingerprint density at radius 2 is 2.16 bits per heavy atom. The van der Waals surface area contributed by atoms with E-state index >= 15 is 0 Å². The first-order valence-corrected chi connectivity index (χ1v) is 8.66. The van der Waals surface area contributed by atoms with Crippen LogP contribution in [-0.2, 0) is 9.59 Å². The zero-order valence-corrected chi connectivity index (χ0v) is 15.0. The van der Waals surface area contributed by atoms with Crippen LogP contribution in [0.4, 0.5) is 5.69 Å². The second-order valence-electron chi connectivity index (χ2n) is 6.30. The fourth-order valence-electron chi connectivity index (χ4n) is 3.17. The molecule has 1 aliphatic heterocycles. The minimum atomic E-state index is -0.430. The van der Waals surface area contributed by atoms with Gasteiger partial charge in [0.2, 0.25) is 11.8 Å². The molecule has 0 saturated carbocycles. The maximum absolute atomic E-state index is 12.9. The Morgan fingerprint density at radius 1 is 1.40 bits per heavy atom. The SMILES string of the molecule is CNC1CCCN(CC(=O)N(CCC(N)=O)c2ccccc2OC)C1. The summed E-state index contributed by atoms with van der Waals surface area (Å²) in [6, 6.07) is 7.73. The van der Waals surface area contributed by atoms with Gasteiger partial charge in [0.25, 0.3) is 0 Å². The van der Waals surface area contributed by atoms with Crippen molar-refractivity contribution < 1.29 is 14.3 Å². The molecule has 1 aromatic rings. The van der Waals surface area contributed by atoms with Crippen molar-refractivity contribution in [2.45, 2.75) is 25.3 Å². The second-order valence-corrected chi connectivity index (χ2v) is 6.30. The van der Waals surface area contributed by atoms with Gasteiger partial charge in [-0.25, -0.2) is 0 Å². The van der Waals surface area contributed by atoms with Crippen molar-refractivity contribution >= 4 is 17.5 Å². The van der Waals surface area contributed by atoms with Gasteiger partial charge in [0.05, 0.1) is 19.3 Å². The zero-order chi connectivity index (χ0) is 18.2. The number of primary amides is 1. The van der Waals surface area contributed by atoms with E-state index in [1.54, 1.807) is 18.1 Å². The molecule has 2 rings (SSSR count). The van der Waals surface area contributed by atoms with Crippen LogP contribution in [0.5, 0.6) is 5.75 Å². The van der Waals surface area contributed by atoms with Crippen LogP contribution < -0.4 is 20.7 Å². The van der Waals surface area contributed by atoms with Crippen molar-refractivity contribution in [3.05, 3.63) is 24.3 Å². The monoisotopic (exact) mass is 348 g/mol. The number of ether oxygens (including phenoxy) is 1. The number of hydrogen-bond acceptors (Lipinski definition) is 5. The largest absolute Gasteiger partial charge is 0.495 e. The molecule has 2 amide bonds. The van der Waals surface area contributed by atoms with Crippen molar-refractivity contribution in [2.75, 3.05) is 45.2 Å². The maximum Gasteiger partial charge on any atom is 0.241 e. The number of nitrogens with one attached hydrogen (secondary N) is 1. The minimum absolute atomic E-state index is 0.0532. The molecule has 3 N–H and O–H groups in total. The summed E-state index contributed by atoms with van der Waals surface area (Å²) in [7, 11) is 3.52. The fraction of sp³-hybridized carbons (Fsp3) is 0.556. The number of nitrogens with two attached hydrogens (primary N) is 1. The smallest absolute Gasteiger partial charge is 0.241 e. The standard InChI is InChI=1S/C18H28N4O3/c1-20-14-6-5-10-21(12-14)13-18(24)22(11-9-17(19)23)15-7-3-4-8-16(15)25-2/h3-4,7-8,14,20H,5-6,9-13H2,1-2H3,(H2,19,23). The van der Waals surface area contributed by atoms with Gasteiger partial charge in [-0.1, -0.05) is 12.1 Å². The summed E-state index contributed by atoms with van der Waals surface area (Å²) >= 11 is 0. The molecule has 1 aromatic carbocycles. The quantitative estimate of drug-likeness (QED) is 0.718. The molecule has 0 bridgehead atoms. The van der Waals surface area contributed by atoms with Gasteiger partial charge in [0.15, 0.2) is 0 Å². The van der Waals surface area contributed by atoms with Crippen LogP contribution in [0.3, 0.4) is 0 Å². The zero-order valence-electron chi connectivity index (χ0n) is 15.0. The third-order valence-electron chi connectivity index (χ3n) is 4.53. The van der Waals surface area contributed by atoms with E-state index in [2.05, 4.69) is 10.2 Å². The molecule has 0 aromatic heterocycles. The van der Waals surface area contributed by atoms with Crippen molar-refractivity contribution in [1.82, 2.24) is 10.2 Å². The lowest BCUT2D eigenvalue weighted by molar-refractivity contribution is -0.120. The number of piperidine rings is 1. The first kappa shape index (κ1) is 19.2. The maximum atomic E-state index is 12.9. The Bertz CT molecular complexity index is 593. The molecule has 0 spiro atoms. The molecule has 1 fully saturated rings. The van der Waals surface area contributed by atoms with E-state index in [0.29, 0.717) is 24.0 Å². The predicted molar refractivity (Wildman–Crippen MR) is 97.7 cm³/mol. The molecule has 1 saturated heterocycles. The van der Waals surface area contributed by atoms with Crippen molar-refractivity contribution in [3.8, 4) is 5.75 Å². The number of anilines is 1. The summed E-state index contributed by atoms with van der Waals surface area (Å²) in [5.74, 6) is 0.121. The first-order valence-electron chi connectivity index (χ1n) is 8.66. The van der Waals surface area contributed by atoms with Crippen LogP contribution in [0.25, 0.3) is 0 Å². The second kappa shape index (κ2) is 9.39. The summed E-state index contributed by atoms with van der Waals surface area (Å²) in [5, 5.41) is 3.28. The highest BCUT2D eigenvalue weighted by Gasteiger charge is 2.25. The van der Waals surface area contributed by atoms with Gasteiger partial charge in [-0.3, -0.25) is 14.5 Å². The highest BCUT2D eigenvalue weighted by atomic mass is 16.5. The average molecular weight is 348 g/mol. The van der Waals surface area contributed by atoms with Crippen LogP contribution in [0.15, 0.2) is 24.3 Å². The molecule has 25 heavy (non-hydrogen) atoms. The van der Waals surface area contributed by atoms with Crippen molar-refractivity contribution in [2.24, 2.45) is 5.73 Å². The van der Waals surface area contributed by atoms with Crippen LogP contribution in [0.2, 0.25) is 0 Å². The van der Waals surface area contributed by atoms with Crippen molar-refractivity contribution in [3.63, 3.8) is 0 Å². The first-order chi connectivity index (χ1) is 12.0. The van der Waals surface area contributed by atoms with Gasteiger partial charge in [0.1, 0.15) is 5.75 Å². The summed E-state index contributed by atoms with van der Waals surface area (Å²) in [6.07, 6.45) is 2.30. The van der Waals surface area contributed by atoms with E-state index < -0.39 is 5.91 Å². The molecule has 1 atom stereocenters. The number of rotatable bonds is 8. The van der Waals surface area contributed by atoms with Gasteiger partial charge in [-0.05, 0) is 38.6 Å². The molecular formula is C18H28N4O3. The van der Waals surface area contributed by atoms with Gasteiger partial charge in [0, 0.05) is 25.6 Å². The number of likely N-dealkylation sites (N-methyl/N-ethyl adjacent to an activating group) is 1. The van der Waals surface area contributed by atoms with Crippen LogP contribution in [-0.4, -0.2) is 63.1 Å². The van der Waals surface area contributed by atoms with E-state index in [4.69, 9.17) is 10.5 Å². The summed E-state index contributed by atoms with van der Waals surface area (Å²) in [6.45, 7) is 2.31. The fourth-order valence-corrected chi connectivity index (χ4v) is 3.17. The normalized spacial score (nSPS) is 17.9.